The number of ether oxygens (including phenoxy) is 1. The smallest absolute Gasteiger partial charge is 0.275 e. The van der Waals surface area contributed by atoms with E-state index in [1.54, 1.807) is 28.1 Å². The molecule has 0 spiro atoms. The van der Waals surface area contributed by atoms with Crippen molar-refractivity contribution in [3.05, 3.63) is 47.2 Å². The van der Waals surface area contributed by atoms with Crippen LogP contribution in [0.2, 0.25) is 0 Å². The average Bonchev–Trinajstić information content (AvgIpc) is 3.13. The largest absolute Gasteiger partial charge is 0.497 e. The minimum absolute atomic E-state index is 0.139. The van der Waals surface area contributed by atoms with E-state index in [0.717, 1.165) is 24.2 Å². The number of hydrogen-bond acceptors (Lipinski definition) is 5. The van der Waals surface area contributed by atoms with Gasteiger partial charge in [-0.25, -0.2) is 4.98 Å². The van der Waals surface area contributed by atoms with Gasteiger partial charge >= 0.3 is 0 Å². The van der Waals surface area contributed by atoms with E-state index in [2.05, 4.69) is 4.98 Å². The van der Waals surface area contributed by atoms with Crippen LogP contribution in [0.4, 0.5) is 0 Å². The summed E-state index contributed by atoms with van der Waals surface area (Å²) in [7, 11) is 5.04. The van der Waals surface area contributed by atoms with Crippen molar-refractivity contribution in [2.75, 3.05) is 34.3 Å². The summed E-state index contributed by atoms with van der Waals surface area (Å²) in [5, 5.41) is 0. The van der Waals surface area contributed by atoms with Gasteiger partial charge in [0.1, 0.15) is 11.5 Å². The molecule has 0 saturated carbocycles. The lowest BCUT2D eigenvalue weighted by Crippen LogP contribution is -2.38. The third kappa shape index (κ3) is 4.96. The number of hydrogen-bond donors (Lipinski definition) is 0. The Kier molecular flexibility index (Phi) is 6.56. The highest BCUT2D eigenvalue weighted by molar-refractivity contribution is 5.92. The molecule has 7 heteroatoms. The Balaban J connectivity index is 1.53. The first-order chi connectivity index (χ1) is 13.9. The summed E-state index contributed by atoms with van der Waals surface area (Å²) in [6.45, 7) is 3.13. The van der Waals surface area contributed by atoms with Crippen molar-refractivity contribution in [1.29, 1.82) is 0 Å². The van der Waals surface area contributed by atoms with Gasteiger partial charge in [-0.3, -0.25) is 9.59 Å². The maximum absolute atomic E-state index is 12.6. The molecule has 3 rings (SSSR count). The summed E-state index contributed by atoms with van der Waals surface area (Å²) in [5.41, 5.74) is 1.47. The predicted octanol–water partition coefficient (Wildman–Crippen LogP) is 3.03. The van der Waals surface area contributed by atoms with E-state index in [1.165, 1.54) is 4.90 Å². The summed E-state index contributed by atoms with van der Waals surface area (Å²) >= 11 is 0. The Morgan fingerprint density at radius 1 is 1.28 bits per heavy atom. The topological polar surface area (TPSA) is 75.9 Å². The molecule has 2 aromatic rings. The number of methoxy groups -OCH3 is 1. The van der Waals surface area contributed by atoms with Crippen LogP contribution in [0.5, 0.6) is 5.75 Å². The minimum atomic E-state index is -0.150. The Hall–Kier alpha value is -2.83. The van der Waals surface area contributed by atoms with Crippen molar-refractivity contribution >= 4 is 11.8 Å². The normalized spacial score (nSPS) is 14.7. The Morgan fingerprint density at radius 3 is 2.66 bits per heavy atom. The number of nitrogens with zero attached hydrogens (tertiary/aromatic N) is 3. The second-order valence-corrected chi connectivity index (χ2v) is 7.66. The van der Waals surface area contributed by atoms with Crippen LogP contribution >= 0.6 is 0 Å². The number of carbonyl (C=O) groups excluding carboxylic acids is 2. The standard InChI is InChI=1S/C22H29N3O4/c1-15-20(22(27)24(2)3)23-21(29-15)17-10-12-25(13-11-17)19(26)9-8-16-6-5-7-18(14-16)28-4/h5-7,14,17H,8-13H2,1-4H3. The quantitative estimate of drug-likeness (QED) is 0.746. The van der Waals surface area contributed by atoms with Crippen LogP contribution in [-0.2, 0) is 11.2 Å². The lowest BCUT2D eigenvalue weighted by Gasteiger charge is -2.30. The first-order valence-corrected chi connectivity index (χ1v) is 9.98. The molecule has 0 N–H and O–H groups in total. The van der Waals surface area contributed by atoms with Crippen molar-refractivity contribution in [3.8, 4) is 5.75 Å². The first kappa shape index (κ1) is 20.9. The van der Waals surface area contributed by atoms with Crippen molar-refractivity contribution in [2.24, 2.45) is 0 Å². The number of aryl methyl sites for hydroxylation is 2. The molecule has 29 heavy (non-hydrogen) atoms. The van der Waals surface area contributed by atoms with Gasteiger partial charge in [0, 0.05) is 39.5 Å². The number of piperidine rings is 1. The molecule has 2 heterocycles. The van der Waals surface area contributed by atoms with Crippen LogP contribution in [0.1, 0.15) is 52.9 Å². The van der Waals surface area contributed by atoms with Crippen LogP contribution in [0.25, 0.3) is 0 Å². The van der Waals surface area contributed by atoms with Crippen LogP contribution in [-0.4, -0.2) is 60.9 Å². The van der Waals surface area contributed by atoms with Crippen LogP contribution in [0.15, 0.2) is 28.7 Å². The van der Waals surface area contributed by atoms with Gasteiger partial charge in [0.25, 0.3) is 5.91 Å². The highest BCUT2D eigenvalue weighted by Gasteiger charge is 2.29. The molecule has 0 radical (unpaired) electrons. The van der Waals surface area contributed by atoms with Gasteiger partial charge in [-0.1, -0.05) is 12.1 Å². The zero-order chi connectivity index (χ0) is 21.0. The van der Waals surface area contributed by atoms with E-state index >= 15 is 0 Å². The molecule has 0 unspecified atom stereocenters. The van der Waals surface area contributed by atoms with Gasteiger partial charge in [0.15, 0.2) is 11.6 Å². The molecule has 7 nitrogen and oxygen atoms in total. The fraction of sp³-hybridized carbons (Fsp3) is 0.500. The van der Waals surface area contributed by atoms with Gasteiger partial charge in [-0.2, -0.15) is 0 Å². The number of carbonyl (C=O) groups is 2. The SMILES string of the molecule is COc1cccc(CCC(=O)N2CCC(c3nc(C(=O)N(C)C)c(C)o3)CC2)c1. The monoisotopic (exact) mass is 399 g/mol. The highest BCUT2D eigenvalue weighted by atomic mass is 16.5. The van der Waals surface area contributed by atoms with Crippen molar-refractivity contribution in [2.45, 2.75) is 38.5 Å². The fourth-order valence-corrected chi connectivity index (χ4v) is 3.61. The Morgan fingerprint density at radius 2 is 2.00 bits per heavy atom. The maximum atomic E-state index is 12.6. The minimum Gasteiger partial charge on any atom is -0.497 e. The summed E-state index contributed by atoms with van der Waals surface area (Å²) < 4.78 is 11.0. The maximum Gasteiger partial charge on any atom is 0.275 e. The van der Waals surface area contributed by atoms with E-state index in [1.807, 2.05) is 29.2 Å². The van der Waals surface area contributed by atoms with E-state index in [-0.39, 0.29) is 17.7 Å². The lowest BCUT2D eigenvalue weighted by molar-refractivity contribution is -0.132. The number of rotatable bonds is 6. The molecular weight excluding hydrogens is 370 g/mol. The van der Waals surface area contributed by atoms with E-state index in [4.69, 9.17) is 9.15 Å². The molecule has 1 saturated heterocycles. The molecule has 156 valence electrons. The van der Waals surface area contributed by atoms with E-state index in [9.17, 15) is 9.59 Å². The third-order valence-corrected chi connectivity index (χ3v) is 5.38. The number of aromatic nitrogens is 1. The van der Waals surface area contributed by atoms with E-state index < -0.39 is 0 Å². The molecule has 2 amide bonds. The molecule has 0 bridgehead atoms. The molecule has 0 atom stereocenters. The molecule has 1 aliphatic heterocycles. The molecule has 0 aliphatic carbocycles. The van der Waals surface area contributed by atoms with Gasteiger partial charge in [0.2, 0.25) is 5.91 Å². The summed E-state index contributed by atoms with van der Waals surface area (Å²) in [5.74, 6) is 2.12. The first-order valence-electron chi connectivity index (χ1n) is 9.98. The zero-order valence-electron chi connectivity index (χ0n) is 17.6. The average molecular weight is 399 g/mol. The van der Waals surface area contributed by atoms with Gasteiger partial charge < -0.3 is 19.0 Å². The summed E-state index contributed by atoms with van der Waals surface area (Å²) in [6, 6.07) is 7.83. The molecular formula is C22H29N3O4. The molecule has 1 fully saturated rings. The molecule has 1 aromatic heterocycles. The van der Waals surface area contributed by atoms with Crippen LogP contribution in [0, 0.1) is 6.92 Å². The predicted molar refractivity (Wildman–Crippen MR) is 109 cm³/mol. The second-order valence-electron chi connectivity index (χ2n) is 7.66. The molecule has 1 aromatic carbocycles. The second kappa shape index (κ2) is 9.11. The van der Waals surface area contributed by atoms with Crippen molar-refractivity contribution in [1.82, 2.24) is 14.8 Å². The number of benzene rings is 1. The zero-order valence-corrected chi connectivity index (χ0v) is 17.6. The van der Waals surface area contributed by atoms with Crippen molar-refractivity contribution < 1.29 is 18.7 Å². The van der Waals surface area contributed by atoms with Crippen LogP contribution in [0.3, 0.4) is 0 Å². The summed E-state index contributed by atoms with van der Waals surface area (Å²) in [4.78, 5) is 32.6. The summed E-state index contributed by atoms with van der Waals surface area (Å²) in [6.07, 6.45) is 2.77. The molecule has 1 aliphatic rings. The fourth-order valence-electron chi connectivity index (χ4n) is 3.61. The van der Waals surface area contributed by atoms with Crippen molar-refractivity contribution in [3.63, 3.8) is 0 Å². The van der Waals surface area contributed by atoms with Gasteiger partial charge in [0.05, 0.1) is 7.11 Å². The third-order valence-electron chi connectivity index (χ3n) is 5.38. The number of amides is 2. The van der Waals surface area contributed by atoms with Crippen LogP contribution < -0.4 is 4.74 Å². The highest BCUT2D eigenvalue weighted by Crippen LogP contribution is 2.29. The van der Waals surface area contributed by atoms with E-state index in [0.29, 0.717) is 43.3 Å². The Labute approximate surface area is 171 Å². The number of oxazole rings is 1. The Bertz CT molecular complexity index is 867. The van der Waals surface area contributed by atoms with Gasteiger partial charge in [-0.05, 0) is 43.9 Å². The van der Waals surface area contributed by atoms with Gasteiger partial charge in [-0.15, -0.1) is 0 Å². The lowest BCUT2D eigenvalue weighted by atomic mass is 9.96. The number of likely N-dealkylation sites (tertiary alicyclic amines) is 1.